The number of alkyl halides is 3. The van der Waals surface area contributed by atoms with Gasteiger partial charge >= 0.3 is 19.0 Å². The molecule has 1 aliphatic rings. The Morgan fingerprint density at radius 1 is 1.06 bits per heavy atom. The van der Waals surface area contributed by atoms with Crippen LogP contribution < -0.4 is 5.46 Å². The third kappa shape index (κ3) is 1.59. The van der Waals surface area contributed by atoms with Gasteiger partial charge in [0, 0.05) is 5.56 Å². The molecule has 16 heavy (non-hydrogen) atoms. The highest BCUT2D eigenvalue weighted by Gasteiger charge is 2.65. The fourth-order valence-electron chi connectivity index (χ4n) is 1.33. The smallest absolute Gasteiger partial charge is 0.423 e. The van der Waals surface area contributed by atoms with E-state index in [0.717, 1.165) is 12.1 Å². The van der Waals surface area contributed by atoms with Crippen molar-refractivity contribution < 1.29 is 23.2 Å². The minimum atomic E-state index is -4.56. The quantitative estimate of drug-likeness (QED) is 0.728. The molecule has 0 amide bonds. The molecule has 1 aromatic carbocycles. The van der Waals surface area contributed by atoms with Crippen LogP contribution in [0.4, 0.5) is 13.2 Å². The van der Waals surface area contributed by atoms with E-state index in [1.807, 2.05) is 0 Å². The summed E-state index contributed by atoms with van der Waals surface area (Å²) in [6.45, 7) is 0. The molecule has 2 rings (SSSR count). The van der Waals surface area contributed by atoms with Crippen molar-refractivity contribution in [3.63, 3.8) is 0 Å². The number of hydrogen-bond acceptors (Lipinski definition) is 4. The summed E-state index contributed by atoms with van der Waals surface area (Å²) in [7, 11) is -1.70. The van der Waals surface area contributed by atoms with E-state index in [9.17, 15) is 13.2 Å². The summed E-state index contributed by atoms with van der Waals surface area (Å²) < 4.78 is 37.7. The van der Waals surface area contributed by atoms with Crippen molar-refractivity contribution in [2.24, 2.45) is 10.2 Å². The predicted octanol–water partition coefficient (Wildman–Crippen LogP) is 0.547. The van der Waals surface area contributed by atoms with Crippen LogP contribution in [0, 0.1) is 0 Å². The van der Waals surface area contributed by atoms with Gasteiger partial charge in [-0.15, -0.1) is 10.2 Å². The first-order chi connectivity index (χ1) is 7.37. The lowest BCUT2D eigenvalue weighted by Crippen LogP contribution is -2.32. The first-order valence-electron chi connectivity index (χ1n) is 4.34. The molecule has 1 aliphatic heterocycles. The van der Waals surface area contributed by atoms with Gasteiger partial charge in [0.2, 0.25) is 0 Å². The summed E-state index contributed by atoms with van der Waals surface area (Å²) in [6, 6.07) is 4.64. The standard InChI is InChI=1S/C8H6BF3N2O2/c10-8(11,12)7(13-14-7)5-1-3-6(4-2-5)9(15)16/h1-4,15-16H. The van der Waals surface area contributed by atoms with Crippen molar-refractivity contribution in [3.8, 4) is 0 Å². The first kappa shape index (κ1) is 11.1. The van der Waals surface area contributed by atoms with Gasteiger partial charge in [-0.2, -0.15) is 13.2 Å². The Bertz CT molecular complexity index is 424. The van der Waals surface area contributed by atoms with Crippen LogP contribution in [-0.2, 0) is 5.66 Å². The molecule has 1 aromatic rings. The molecule has 0 aliphatic carbocycles. The minimum Gasteiger partial charge on any atom is -0.423 e. The average Bonchev–Trinajstić information content (AvgIpc) is 2.97. The number of rotatable bonds is 2. The van der Waals surface area contributed by atoms with E-state index < -0.39 is 19.0 Å². The molecule has 0 fully saturated rings. The lowest BCUT2D eigenvalue weighted by Gasteiger charge is -2.14. The molecule has 4 nitrogen and oxygen atoms in total. The van der Waals surface area contributed by atoms with Crippen LogP contribution in [0.5, 0.6) is 0 Å². The Morgan fingerprint density at radius 3 is 1.88 bits per heavy atom. The zero-order valence-electron chi connectivity index (χ0n) is 7.81. The number of hydrogen-bond donors (Lipinski definition) is 2. The Hall–Kier alpha value is -1.41. The van der Waals surface area contributed by atoms with E-state index in [1.54, 1.807) is 0 Å². The highest BCUT2D eigenvalue weighted by molar-refractivity contribution is 6.58. The largest absolute Gasteiger partial charge is 0.488 e. The molecular weight excluding hydrogens is 224 g/mol. The van der Waals surface area contributed by atoms with Crippen molar-refractivity contribution in [1.82, 2.24) is 0 Å². The van der Waals surface area contributed by atoms with Gasteiger partial charge in [-0.3, -0.25) is 0 Å². The molecule has 0 saturated carbocycles. The lowest BCUT2D eigenvalue weighted by molar-refractivity contribution is -0.166. The van der Waals surface area contributed by atoms with Gasteiger partial charge in [-0.1, -0.05) is 24.3 Å². The van der Waals surface area contributed by atoms with Gasteiger partial charge in [0.15, 0.2) is 0 Å². The summed E-state index contributed by atoms with van der Waals surface area (Å²) in [5, 5.41) is 23.6. The maximum Gasteiger partial charge on any atom is 0.488 e. The fraction of sp³-hybridized carbons (Fsp3) is 0.250. The van der Waals surface area contributed by atoms with Crippen molar-refractivity contribution in [2.75, 3.05) is 0 Å². The molecule has 0 bridgehead atoms. The van der Waals surface area contributed by atoms with Crippen molar-refractivity contribution in [1.29, 1.82) is 0 Å². The maximum absolute atomic E-state index is 12.6. The lowest BCUT2D eigenvalue weighted by atomic mass is 9.79. The van der Waals surface area contributed by atoms with Gasteiger partial charge in [0.05, 0.1) is 0 Å². The first-order valence-corrected chi connectivity index (χ1v) is 4.34. The summed E-state index contributed by atoms with van der Waals surface area (Å²) in [5.41, 5.74) is -2.47. The van der Waals surface area contributed by atoms with Crippen LogP contribution in [0.3, 0.4) is 0 Å². The predicted molar refractivity (Wildman–Crippen MR) is 48.9 cm³/mol. The molecule has 0 radical (unpaired) electrons. The molecule has 84 valence electrons. The summed E-state index contributed by atoms with van der Waals surface area (Å²) in [4.78, 5) is 0. The van der Waals surface area contributed by atoms with Crippen LogP contribution in [0.15, 0.2) is 34.5 Å². The van der Waals surface area contributed by atoms with Gasteiger partial charge < -0.3 is 10.0 Å². The van der Waals surface area contributed by atoms with Crippen molar-refractivity contribution >= 4 is 12.6 Å². The van der Waals surface area contributed by atoms with E-state index in [4.69, 9.17) is 10.0 Å². The van der Waals surface area contributed by atoms with Crippen LogP contribution in [0.25, 0.3) is 0 Å². The Balaban J connectivity index is 2.30. The number of benzene rings is 1. The Labute approximate surface area is 88.6 Å². The minimum absolute atomic E-state index is 0.113. The molecule has 1 heterocycles. The van der Waals surface area contributed by atoms with Gasteiger partial charge in [0.25, 0.3) is 0 Å². The van der Waals surface area contributed by atoms with Crippen molar-refractivity contribution in [2.45, 2.75) is 11.8 Å². The average molecular weight is 230 g/mol. The molecule has 0 aromatic heterocycles. The highest BCUT2D eigenvalue weighted by Crippen LogP contribution is 2.51. The van der Waals surface area contributed by atoms with E-state index in [0.29, 0.717) is 0 Å². The maximum atomic E-state index is 12.6. The number of halogens is 3. The second-order valence-electron chi connectivity index (χ2n) is 3.37. The second kappa shape index (κ2) is 3.29. The van der Waals surface area contributed by atoms with Gasteiger partial charge in [-0.05, 0) is 5.46 Å². The van der Waals surface area contributed by atoms with Crippen LogP contribution in [0.1, 0.15) is 5.56 Å². The van der Waals surface area contributed by atoms with Crippen molar-refractivity contribution in [3.05, 3.63) is 29.8 Å². The summed E-state index contributed by atoms with van der Waals surface area (Å²) in [6.07, 6.45) is -4.56. The number of nitrogens with zero attached hydrogens (tertiary/aromatic N) is 2. The zero-order valence-corrected chi connectivity index (χ0v) is 7.81. The summed E-state index contributed by atoms with van der Waals surface area (Å²) >= 11 is 0. The van der Waals surface area contributed by atoms with Crippen LogP contribution >= 0.6 is 0 Å². The molecule has 0 atom stereocenters. The van der Waals surface area contributed by atoms with E-state index in [-0.39, 0.29) is 11.0 Å². The Morgan fingerprint density at radius 2 is 1.56 bits per heavy atom. The summed E-state index contributed by atoms with van der Waals surface area (Å²) in [5.74, 6) is 0. The Kier molecular flexibility index (Phi) is 2.28. The van der Waals surface area contributed by atoms with Crippen LogP contribution in [-0.4, -0.2) is 23.3 Å². The van der Waals surface area contributed by atoms with Gasteiger partial charge in [0.1, 0.15) is 0 Å². The molecule has 0 unspecified atom stereocenters. The SMILES string of the molecule is OB(O)c1ccc(C2(C(F)(F)F)N=N2)cc1. The molecule has 8 heteroatoms. The third-order valence-electron chi connectivity index (χ3n) is 2.31. The molecular formula is C8H6BF3N2O2. The fourth-order valence-corrected chi connectivity index (χ4v) is 1.33. The van der Waals surface area contributed by atoms with Gasteiger partial charge in [-0.25, -0.2) is 0 Å². The topological polar surface area (TPSA) is 65.2 Å². The molecule has 0 saturated heterocycles. The zero-order chi connectivity index (χ0) is 12.0. The van der Waals surface area contributed by atoms with E-state index >= 15 is 0 Å². The molecule has 2 N–H and O–H groups in total. The second-order valence-corrected chi connectivity index (χ2v) is 3.37. The van der Waals surface area contributed by atoms with Crippen LogP contribution in [0.2, 0.25) is 0 Å². The highest BCUT2D eigenvalue weighted by atomic mass is 19.4. The van der Waals surface area contributed by atoms with E-state index in [2.05, 4.69) is 10.2 Å². The monoisotopic (exact) mass is 230 g/mol. The molecule has 0 spiro atoms. The third-order valence-corrected chi connectivity index (χ3v) is 2.31. The normalized spacial score (nSPS) is 17.3. The van der Waals surface area contributed by atoms with E-state index in [1.165, 1.54) is 12.1 Å².